The summed E-state index contributed by atoms with van der Waals surface area (Å²) >= 11 is 6.06. The van der Waals surface area contributed by atoms with Crippen molar-refractivity contribution < 1.29 is 9.13 Å². The van der Waals surface area contributed by atoms with E-state index in [4.69, 9.17) is 22.1 Å². The molecule has 3 rings (SSSR count). The molecule has 0 bridgehead atoms. The Hall–Kier alpha value is -2.41. The smallest absolute Gasteiger partial charge is 0.311 e. The van der Waals surface area contributed by atoms with Crippen molar-refractivity contribution in [2.75, 3.05) is 18.9 Å². The number of hydrogen-bond acceptors (Lipinski definition) is 5. The molecular formula is C15H15ClFN5O. The zero-order chi connectivity index (χ0) is 16.4. The molecule has 1 unspecified atom stereocenters. The van der Waals surface area contributed by atoms with Gasteiger partial charge in [0.05, 0.1) is 35.3 Å². The minimum absolute atomic E-state index is 0.175. The molecule has 0 aliphatic carbocycles. The van der Waals surface area contributed by atoms with Gasteiger partial charge in [0.25, 0.3) is 0 Å². The zero-order valence-electron chi connectivity index (χ0n) is 12.4. The van der Waals surface area contributed by atoms with Gasteiger partial charge in [-0.15, -0.1) is 0 Å². The molecule has 1 aromatic carbocycles. The topological polar surface area (TPSA) is 88.6 Å². The fourth-order valence-corrected chi connectivity index (χ4v) is 2.57. The van der Waals surface area contributed by atoms with E-state index in [1.807, 2.05) is 6.92 Å². The number of benzene rings is 1. The average molecular weight is 336 g/mol. The molecule has 120 valence electrons. The fourth-order valence-electron chi connectivity index (χ4n) is 2.32. The van der Waals surface area contributed by atoms with Gasteiger partial charge in [-0.05, 0) is 19.1 Å². The molecule has 2 heterocycles. The Bertz CT molecular complexity index is 766. The van der Waals surface area contributed by atoms with Crippen LogP contribution >= 0.6 is 11.6 Å². The highest BCUT2D eigenvalue weighted by atomic mass is 35.5. The Morgan fingerprint density at radius 2 is 2.30 bits per heavy atom. The normalized spacial score (nSPS) is 17.2. The minimum Gasteiger partial charge on any atom is -0.464 e. The standard InChI is InChI=1S/C15H15ClFN5O/c1-2-23-15-19-6-8(7-20-15)12-13(18)22-14(21-12)11-9(16)4-3-5-10(11)17/h3-6,8H,2,7,18H2,1H3,(H,21,22). The number of anilines is 1. The monoisotopic (exact) mass is 335 g/mol. The second-order valence-electron chi connectivity index (χ2n) is 4.92. The number of aromatic nitrogens is 2. The third-order valence-electron chi connectivity index (χ3n) is 3.39. The fraction of sp³-hybridized carbons (Fsp3) is 0.267. The van der Waals surface area contributed by atoms with Gasteiger partial charge in [0.1, 0.15) is 17.5 Å². The Labute approximate surface area is 137 Å². The summed E-state index contributed by atoms with van der Waals surface area (Å²) in [4.78, 5) is 15.6. The van der Waals surface area contributed by atoms with E-state index in [1.54, 1.807) is 12.3 Å². The van der Waals surface area contributed by atoms with E-state index in [-0.39, 0.29) is 28.1 Å². The van der Waals surface area contributed by atoms with Crippen molar-refractivity contribution in [2.45, 2.75) is 12.8 Å². The average Bonchev–Trinajstić information content (AvgIpc) is 2.90. The Morgan fingerprint density at radius 3 is 2.96 bits per heavy atom. The minimum atomic E-state index is -0.466. The van der Waals surface area contributed by atoms with Crippen molar-refractivity contribution in [1.29, 1.82) is 0 Å². The van der Waals surface area contributed by atoms with Crippen LogP contribution in [0.5, 0.6) is 0 Å². The predicted octanol–water partition coefficient (Wildman–Crippen LogP) is 3.01. The Balaban J connectivity index is 1.90. The number of halogens is 2. The summed E-state index contributed by atoms with van der Waals surface area (Å²) in [5, 5.41) is 0.263. The molecule has 1 aromatic heterocycles. The van der Waals surface area contributed by atoms with Crippen molar-refractivity contribution in [3.8, 4) is 11.4 Å². The van der Waals surface area contributed by atoms with E-state index in [2.05, 4.69) is 20.0 Å². The first-order chi connectivity index (χ1) is 11.1. The molecule has 3 N–H and O–H groups in total. The second kappa shape index (κ2) is 6.37. The Morgan fingerprint density at radius 1 is 1.48 bits per heavy atom. The Kier molecular flexibility index (Phi) is 4.29. The van der Waals surface area contributed by atoms with Crippen LogP contribution in [0.2, 0.25) is 5.02 Å². The summed E-state index contributed by atoms with van der Waals surface area (Å²) in [5.74, 6) is -0.0859. The van der Waals surface area contributed by atoms with Crippen LogP contribution in [0, 0.1) is 5.82 Å². The number of nitrogen functional groups attached to an aromatic ring is 1. The van der Waals surface area contributed by atoms with Crippen LogP contribution in [0.25, 0.3) is 11.4 Å². The number of nitrogens with two attached hydrogens (primary N) is 1. The molecule has 0 saturated carbocycles. The van der Waals surface area contributed by atoms with Crippen LogP contribution in [0.3, 0.4) is 0 Å². The maximum Gasteiger partial charge on any atom is 0.311 e. The van der Waals surface area contributed by atoms with Crippen LogP contribution in [0.1, 0.15) is 18.5 Å². The summed E-state index contributed by atoms with van der Waals surface area (Å²) in [6, 6.07) is 4.80. The van der Waals surface area contributed by atoms with Crippen molar-refractivity contribution in [1.82, 2.24) is 9.97 Å². The lowest BCUT2D eigenvalue weighted by Gasteiger charge is -2.13. The van der Waals surface area contributed by atoms with Crippen molar-refractivity contribution in [3.63, 3.8) is 0 Å². The number of imidazole rings is 1. The van der Waals surface area contributed by atoms with E-state index in [9.17, 15) is 4.39 Å². The van der Waals surface area contributed by atoms with Crippen LogP contribution in [-0.4, -0.2) is 35.4 Å². The van der Waals surface area contributed by atoms with E-state index in [0.717, 1.165) is 0 Å². The highest BCUT2D eigenvalue weighted by Gasteiger charge is 2.22. The number of rotatable bonds is 3. The molecule has 0 spiro atoms. The van der Waals surface area contributed by atoms with Gasteiger partial charge < -0.3 is 15.5 Å². The molecule has 1 aliphatic rings. The summed E-state index contributed by atoms with van der Waals surface area (Å²) < 4.78 is 19.2. The molecule has 1 aliphatic heterocycles. The SMILES string of the molecule is CCOC1=NCC(c2[nH]c(-c3c(F)cccc3Cl)nc2N)C=N1. The van der Waals surface area contributed by atoms with E-state index >= 15 is 0 Å². The molecule has 8 heteroatoms. The molecule has 0 saturated heterocycles. The van der Waals surface area contributed by atoms with Gasteiger partial charge in [0, 0.05) is 6.21 Å². The number of ether oxygens (including phenoxy) is 1. The number of amidine groups is 1. The third kappa shape index (κ3) is 3.05. The van der Waals surface area contributed by atoms with Gasteiger partial charge in [-0.3, -0.25) is 0 Å². The first-order valence-corrected chi connectivity index (χ1v) is 7.49. The molecule has 6 nitrogen and oxygen atoms in total. The van der Waals surface area contributed by atoms with Crippen molar-refractivity contribution >= 4 is 29.7 Å². The molecule has 1 atom stereocenters. The van der Waals surface area contributed by atoms with Gasteiger partial charge in [-0.2, -0.15) is 0 Å². The lowest BCUT2D eigenvalue weighted by Crippen LogP contribution is -2.16. The zero-order valence-corrected chi connectivity index (χ0v) is 13.1. The highest BCUT2D eigenvalue weighted by molar-refractivity contribution is 6.33. The maximum absolute atomic E-state index is 14.0. The lowest BCUT2D eigenvalue weighted by molar-refractivity contribution is 0.319. The molecule has 0 radical (unpaired) electrons. The molecule has 0 amide bonds. The predicted molar refractivity (Wildman–Crippen MR) is 88.6 cm³/mol. The van der Waals surface area contributed by atoms with Crippen LogP contribution in [0.4, 0.5) is 10.2 Å². The summed E-state index contributed by atoms with van der Waals surface area (Å²) in [6.45, 7) is 2.79. The van der Waals surface area contributed by atoms with Gasteiger partial charge in [0.2, 0.25) is 0 Å². The largest absolute Gasteiger partial charge is 0.464 e. The van der Waals surface area contributed by atoms with Crippen LogP contribution < -0.4 is 5.73 Å². The maximum atomic E-state index is 14.0. The number of aromatic amines is 1. The van der Waals surface area contributed by atoms with Crippen LogP contribution in [0.15, 0.2) is 28.2 Å². The number of nitrogens with zero attached hydrogens (tertiary/aromatic N) is 3. The van der Waals surface area contributed by atoms with Gasteiger partial charge in [-0.25, -0.2) is 19.4 Å². The lowest BCUT2D eigenvalue weighted by atomic mass is 10.1. The summed E-state index contributed by atoms with van der Waals surface area (Å²) in [5.41, 5.74) is 6.77. The number of aliphatic imine (C=N–C) groups is 2. The van der Waals surface area contributed by atoms with Gasteiger partial charge in [0.15, 0.2) is 0 Å². The van der Waals surface area contributed by atoms with Crippen molar-refractivity contribution in [3.05, 3.63) is 34.7 Å². The number of H-pyrrole nitrogens is 1. The molecule has 23 heavy (non-hydrogen) atoms. The highest BCUT2D eigenvalue weighted by Crippen LogP contribution is 2.31. The van der Waals surface area contributed by atoms with E-state index < -0.39 is 5.82 Å². The summed E-state index contributed by atoms with van der Waals surface area (Å²) in [6.07, 6.45) is 1.69. The second-order valence-corrected chi connectivity index (χ2v) is 5.33. The molecule has 2 aromatic rings. The molecule has 0 fully saturated rings. The van der Waals surface area contributed by atoms with Crippen molar-refractivity contribution in [2.24, 2.45) is 9.98 Å². The first kappa shape index (κ1) is 15.5. The molecular weight excluding hydrogens is 321 g/mol. The van der Waals surface area contributed by atoms with Crippen LogP contribution in [-0.2, 0) is 4.74 Å². The van der Waals surface area contributed by atoms with E-state index in [0.29, 0.717) is 24.9 Å². The first-order valence-electron chi connectivity index (χ1n) is 7.11. The van der Waals surface area contributed by atoms with Gasteiger partial charge in [-0.1, -0.05) is 17.7 Å². The number of nitrogens with one attached hydrogen (secondary N) is 1. The third-order valence-corrected chi connectivity index (χ3v) is 3.71. The number of hydrogen-bond donors (Lipinski definition) is 2. The summed E-state index contributed by atoms with van der Waals surface area (Å²) in [7, 11) is 0. The van der Waals surface area contributed by atoms with E-state index in [1.165, 1.54) is 12.1 Å². The van der Waals surface area contributed by atoms with Gasteiger partial charge >= 0.3 is 6.02 Å². The quantitative estimate of drug-likeness (QED) is 0.903.